The Morgan fingerprint density at radius 1 is 1.31 bits per heavy atom. The lowest BCUT2D eigenvalue weighted by Crippen LogP contribution is -1.83. The number of hydrogen-bond donors (Lipinski definition) is 0. The van der Waals surface area contributed by atoms with Gasteiger partial charge in [0.1, 0.15) is 5.82 Å². The van der Waals surface area contributed by atoms with Gasteiger partial charge >= 0.3 is 0 Å². The Labute approximate surface area is 80.2 Å². The summed E-state index contributed by atoms with van der Waals surface area (Å²) < 4.78 is 12.9. The van der Waals surface area contributed by atoms with E-state index in [2.05, 4.69) is 4.98 Å². The Morgan fingerprint density at radius 3 is 2.85 bits per heavy atom. The van der Waals surface area contributed by atoms with E-state index in [9.17, 15) is 4.39 Å². The molecule has 0 aliphatic carbocycles. The highest BCUT2D eigenvalue weighted by Crippen LogP contribution is 2.24. The highest BCUT2D eigenvalue weighted by Gasteiger charge is 2.02. The Morgan fingerprint density at radius 2 is 2.08 bits per heavy atom. The first kappa shape index (κ1) is 8.45. The van der Waals surface area contributed by atoms with Crippen LogP contribution < -0.4 is 0 Å². The lowest BCUT2D eigenvalue weighted by molar-refractivity contribution is 0.630. The van der Waals surface area contributed by atoms with E-state index in [1.807, 2.05) is 13.0 Å². The highest BCUT2D eigenvalue weighted by molar-refractivity contribution is 6.35. The van der Waals surface area contributed by atoms with Crippen molar-refractivity contribution >= 4 is 22.4 Å². The standard InChI is InChI=1S/C10H7ClFN/c1-6-2-7-3-8(12)4-10(11)9(7)5-13-6/h2-5H,1H3. The number of nitrogens with zero attached hydrogens (tertiary/aromatic N) is 1. The van der Waals surface area contributed by atoms with E-state index in [0.717, 1.165) is 16.5 Å². The molecular weight excluding hydrogens is 189 g/mol. The number of aryl methyl sites for hydroxylation is 1. The maximum Gasteiger partial charge on any atom is 0.125 e. The van der Waals surface area contributed by atoms with Crippen molar-refractivity contribution in [3.05, 3.63) is 40.9 Å². The summed E-state index contributed by atoms with van der Waals surface area (Å²) in [7, 11) is 0. The van der Waals surface area contributed by atoms with Crippen LogP contribution in [-0.2, 0) is 0 Å². The quantitative estimate of drug-likeness (QED) is 0.628. The van der Waals surface area contributed by atoms with Crippen LogP contribution in [0.4, 0.5) is 4.39 Å². The molecule has 0 radical (unpaired) electrons. The molecule has 2 rings (SSSR count). The van der Waals surface area contributed by atoms with Crippen LogP contribution in [0.3, 0.4) is 0 Å². The number of pyridine rings is 1. The minimum absolute atomic E-state index is 0.317. The van der Waals surface area contributed by atoms with Crippen molar-refractivity contribution in [2.24, 2.45) is 0 Å². The van der Waals surface area contributed by atoms with Gasteiger partial charge in [0, 0.05) is 17.3 Å². The van der Waals surface area contributed by atoms with E-state index in [-0.39, 0.29) is 5.82 Å². The van der Waals surface area contributed by atoms with Gasteiger partial charge in [-0.05, 0) is 30.5 Å². The second-order valence-electron chi connectivity index (χ2n) is 2.93. The topological polar surface area (TPSA) is 12.9 Å². The van der Waals surface area contributed by atoms with Crippen molar-refractivity contribution < 1.29 is 4.39 Å². The van der Waals surface area contributed by atoms with E-state index >= 15 is 0 Å². The number of fused-ring (bicyclic) bond motifs is 1. The van der Waals surface area contributed by atoms with Gasteiger partial charge in [0.15, 0.2) is 0 Å². The first-order valence-corrected chi connectivity index (χ1v) is 4.26. The SMILES string of the molecule is Cc1cc2cc(F)cc(Cl)c2cn1. The average Bonchev–Trinajstić information content (AvgIpc) is 2.02. The normalized spacial score (nSPS) is 10.7. The summed E-state index contributed by atoms with van der Waals surface area (Å²) in [5.41, 5.74) is 0.856. The molecule has 0 N–H and O–H groups in total. The minimum Gasteiger partial charge on any atom is -0.261 e. The number of hydrogen-bond acceptors (Lipinski definition) is 1. The van der Waals surface area contributed by atoms with Crippen LogP contribution in [0.2, 0.25) is 5.02 Å². The molecule has 13 heavy (non-hydrogen) atoms. The molecule has 0 spiro atoms. The largest absolute Gasteiger partial charge is 0.261 e. The van der Waals surface area contributed by atoms with Crippen molar-refractivity contribution in [3.8, 4) is 0 Å². The Kier molecular flexibility index (Phi) is 1.93. The van der Waals surface area contributed by atoms with E-state index in [4.69, 9.17) is 11.6 Å². The van der Waals surface area contributed by atoms with Gasteiger partial charge in [-0.1, -0.05) is 11.6 Å². The molecule has 0 saturated carbocycles. The molecule has 0 aliphatic rings. The van der Waals surface area contributed by atoms with E-state index < -0.39 is 0 Å². The zero-order chi connectivity index (χ0) is 9.42. The minimum atomic E-state index is -0.317. The first-order valence-electron chi connectivity index (χ1n) is 3.88. The maximum absolute atomic E-state index is 12.9. The third-order valence-corrected chi connectivity index (χ3v) is 2.20. The van der Waals surface area contributed by atoms with Gasteiger partial charge in [0.05, 0.1) is 5.02 Å². The summed E-state index contributed by atoms with van der Waals surface area (Å²) in [5.74, 6) is -0.317. The summed E-state index contributed by atoms with van der Waals surface area (Å²) in [6.07, 6.45) is 1.66. The molecule has 0 amide bonds. The molecule has 0 atom stereocenters. The van der Waals surface area contributed by atoms with Gasteiger partial charge in [-0.25, -0.2) is 4.39 Å². The van der Waals surface area contributed by atoms with Crippen molar-refractivity contribution in [1.82, 2.24) is 4.98 Å². The lowest BCUT2D eigenvalue weighted by atomic mass is 10.1. The van der Waals surface area contributed by atoms with E-state index in [1.54, 1.807) is 6.20 Å². The predicted octanol–water partition coefficient (Wildman–Crippen LogP) is 3.34. The Bertz CT molecular complexity index is 462. The van der Waals surface area contributed by atoms with Crippen molar-refractivity contribution in [2.75, 3.05) is 0 Å². The molecule has 66 valence electrons. The monoisotopic (exact) mass is 195 g/mol. The van der Waals surface area contributed by atoms with Crippen molar-refractivity contribution in [2.45, 2.75) is 6.92 Å². The van der Waals surface area contributed by atoms with Crippen LogP contribution in [0.1, 0.15) is 5.69 Å². The fraction of sp³-hybridized carbons (Fsp3) is 0.100. The zero-order valence-electron chi connectivity index (χ0n) is 7.01. The summed E-state index contributed by atoms with van der Waals surface area (Å²) in [4.78, 5) is 4.09. The smallest absolute Gasteiger partial charge is 0.125 e. The molecule has 0 saturated heterocycles. The third-order valence-electron chi connectivity index (χ3n) is 1.89. The third kappa shape index (κ3) is 1.49. The summed E-state index contributed by atoms with van der Waals surface area (Å²) in [5, 5.41) is 1.98. The molecule has 0 unspecified atom stereocenters. The first-order chi connectivity index (χ1) is 6.16. The van der Waals surface area contributed by atoms with Gasteiger partial charge in [-0.3, -0.25) is 4.98 Å². The van der Waals surface area contributed by atoms with Gasteiger partial charge in [-0.2, -0.15) is 0 Å². The van der Waals surface area contributed by atoms with E-state index in [1.165, 1.54) is 12.1 Å². The van der Waals surface area contributed by atoms with Gasteiger partial charge in [0.2, 0.25) is 0 Å². The molecule has 0 bridgehead atoms. The molecule has 0 fully saturated rings. The van der Waals surface area contributed by atoms with Crippen LogP contribution in [0, 0.1) is 12.7 Å². The van der Waals surface area contributed by atoms with Crippen LogP contribution in [0.25, 0.3) is 10.8 Å². The van der Waals surface area contributed by atoms with Crippen molar-refractivity contribution in [3.63, 3.8) is 0 Å². The Balaban J connectivity index is 2.86. The molecule has 3 heteroatoms. The molecule has 0 aliphatic heterocycles. The molecular formula is C10H7ClFN. The summed E-state index contributed by atoms with van der Waals surface area (Å²) in [6.45, 7) is 1.86. The van der Waals surface area contributed by atoms with Gasteiger partial charge in [-0.15, -0.1) is 0 Å². The van der Waals surface area contributed by atoms with Crippen LogP contribution in [-0.4, -0.2) is 4.98 Å². The number of benzene rings is 1. The molecule has 1 nitrogen and oxygen atoms in total. The number of aromatic nitrogens is 1. The van der Waals surface area contributed by atoms with Crippen LogP contribution in [0.5, 0.6) is 0 Å². The number of rotatable bonds is 0. The summed E-state index contributed by atoms with van der Waals surface area (Å²) in [6, 6.07) is 4.56. The zero-order valence-corrected chi connectivity index (χ0v) is 7.77. The molecule has 2 aromatic rings. The lowest BCUT2D eigenvalue weighted by Gasteiger charge is -2.01. The fourth-order valence-electron chi connectivity index (χ4n) is 1.29. The van der Waals surface area contributed by atoms with E-state index in [0.29, 0.717) is 5.02 Å². The van der Waals surface area contributed by atoms with Crippen molar-refractivity contribution in [1.29, 1.82) is 0 Å². The Hall–Kier alpha value is -1.15. The maximum atomic E-state index is 12.9. The molecule has 1 heterocycles. The summed E-state index contributed by atoms with van der Waals surface area (Å²) >= 11 is 5.83. The predicted molar refractivity (Wildman–Crippen MR) is 51.4 cm³/mol. The second kappa shape index (κ2) is 2.96. The molecule has 1 aromatic heterocycles. The van der Waals surface area contributed by atoms with Crippen LogP contribution in [0.15, 0.2) is 24.4 Å². The second-order valence-corrected chi connectivity index (χ2v) is 3.34. The highest BCUT2D eigenvalue weighted by atomic mass is 35.5. The van der Waals surface area contributed by atoms with Gasteiger partial charge < -0.3 is 0 Å². The van der Waals surface area contributed by atoms with Gasteiger partial charge in [0.25, 0.3) is 0 Å². The average molecular weight is 196 g/mol. The molecule has 1 aromatic carbocycles. The van der Waals surface area contributed by atoms with Crippen LogP contribution >= 0.6 is 11.6 Å². The fourth-order valence-corrected chi connectivity index (χ4v) is 1.55. The number of halogens is 2.